The molecule has 2 aliphatic carbocycles. The highest BCUT2D eigenvalue weighted by Gasteiger charge is 2.26. The second kappa shape index (κ2) is 4.96. The molecule has 1 saturated carbocycles. The second-order valence-electron chi connectivity index (χ2n) is 5.30. The van der Waals surface area contributed by atoms with E-state index in [0.717, 1.165) is 37.2 Å². The Labute approximate surface area is 92.9 Å². The largest absolute Gasteiger partial charge is 0.294 e. The molecular weight excluding hydrogens is 184 g/mol. The van der Waals surface area contributed by atoms with Crippen LogP contribution in [0, 0.1) is 11.8 Å². The lowest BCUT2D eigenvalue weighted by molar-refractivity contribution is -0.120. The van der Waals surface area contributed by atoms with Crippen LogP contribution in [0.3, 0.4) is 0 Å². The van der Waals surface area contributed by atoms with Gasteiger partial charge >= 0.3 is 0 Å². The molecule has 2 aliphatic rings. The van der Waals surface area contributed by atoms with E-state index < -0.39 is 0 Å². The van der Waals surface area contributed by atoms with E-state index in [2.05, 4.69) is 13.0 Å². The van der Waals surface area contributed by atoms with Gasteiger partial charge in [-0.15, -0.1) is 0 Å². The van der Waals surface area contributed by atoms with Crippen LogP contribution < -0.4 is 0 Å². The molecule has 0 aromatic carbocycles. The number of hydrogen-bond donors (Lipinski definition) is 0. The van der Waals surface area contributed by atoms with Crippen molar-refractivity contribution in [2.24, 2.45) is 11.8 Å². The number of hydrogen-bond acceptors (Lipinski definition) is 1. The van der Waals surface area contributed by atoms with Crippen LogP contribution in [0.1, 0.15) is 58.3 Å². The fraction of sp³-hybridized carbons (Fsp3) is 0.786. The fourth-order valence-electron chi connectivity index (χ4n) is 2.85. The summed E-state index contributed by atoms with van der Waals surface area (Å²) in [5.74, 6) is 1.70. The molecule has 84 valence electrons. The SMILES string of the molecule is CC1CCC(C(=O)C2=CCCCC2)CC1. The number of Topliss-reactive ketones (excluding diaryl/α,β-unsaturated/α-hetero) is 1. The molecule has 0 heterocycles. The van der Waals surface area contributed by atoms with Gasteiger partial charge in [0.05, 0.1) is 0 Å². The summed E-state index contributed by atoms with van der Waals surface area (Å²) in [6, 6.07) is 0. The van der Waals surface area contributed by atoms with Gasteiger partial charge in [-0.25, -0.2) is 0 Å². The van der Waals surface area contributed by atoms with E-state index in [0.29, 0.717) is 11.7 Å². The minimum Gasteiger partial charge on any atom is -0.294 e. The summed E-state index contributed by atoms with van der Waals surface area (Å²) >= 11 is 0. The molecule has 0 atom stereocenters. The average Bonchev–Trinajstić information content (AvgIpc) is 2.30. The van der Waals surface area contributed by atoms with Crippen molar-refractivity contribution in [2.45, 2.75) is 58.3 Å². The summed E-state index contributed by atoms with van der Waals surface area (Å²) in [5.41, 5.74) is 1.15. The van der Waals surface area contributed by atoms with Crippen molar-refractivity contribution < 1.29 is 4.79 Å². The van der Waals surface area contributed by atoms with E-state index in [1.54, 1.807) is 0 Å². The molecule has 0 N–H and O–H groups in total. The summed E-state index contributed by atoms with van der Waals surface area (Å²) in [7, 11) is 0. The maximum absolute atomic E-state index is 12.2. The summed E-state index contributed by atoms with van der Waals surface area (Å²) in [4.78, 5) is 12.2. The van der Waals surface area contributed by atoms with Crippen LogP contribution in [0.25, 0.3) is 0 Å². The average molecular weight is 206 g/mol. The van der Waals surface area contributed by atoms with Gasteiger partial charge in [-0.2, -0.15) is 0 Å². The zero-order valence-corrected chi connectivity index (χ0v) is 9.80. The maximum Gasteiger partial charge on any atom is 0.161 e. The van der Waals surface area contributed by atoms with Crippen molar-refractivity contribution in [1.82, 2.24) is 0 Å². The summed E-state index contributed by atoms with van der Waals surface area (Å²) < 4.78 is 0. The first-order valence-corrected chi connectivity index (χ1v) is 6.50. The molecule has 1 fully saturated rings. The Bertz CT molecular complexity index is 257. The Morgan fingerprint density at radius 2 is 1.93 bits per heavy atom. The van der Waals surface area contributed by atoms with Gasteiger partial charge in [-0.05, 0) is 50.0 Å². The molecule has 0 spiro atoms. The van der Waals surface area contributed by atoms with Gasteiger partial charge < -0.3 is 0 Å². The molecule has 0 bridgehead atoms. The van der Waals surface area contributed by atoms with Gasteiger partial charge in [-0.1, -0.05) is 25.8 Å². The molecule has 0 aromatic heterocycles. The Morgan fingerprint density at radius 3 is 2.53 bits per heavy atom. The molecule has 0 aliphatic heterocycles. The molecule has 0 aromatic rings. The molecule has 15 heavy (non-hydrogen) atoms. The van der Waals surface area contributed by atoms with Crippen molar-refractivity contribution in [2.75, 3.05) is 0 Å². The summed E-state index contributed by atoms with van der Waals surface area (Å²) in [6.07, 6.45) is 11.7. The van der Waals surface area contributed by atoms with Crippen LogP contribution in [0.5, 0.6) is 0 Å². The van der Waals surface area contributed by atoms with Crippen LogP contribution in [0.4, 0.5) is 0 Å². The van der Waals surface area contributed by atoms with Gasteiger partial charge in [0.2, 0.25) is 0 Å². The van der Waals surface area contributed by atoms with E-state index in [1.807, 2.05) is 0 Å². The topological polar surface area (TPSA) is 17.1 Å². The third kappa shape index (κ3) is 2.70. The van der Waals surface area contributed by atoms with Crippen LogP contribution in [0.2, 0.25) is 0 Å². The number of rotatable bonds is 2. The van der Waals surface area contributed by atoms with E-state index >= 15 is 0 Å². The lowest BCUT2D eigenvalue weighted by atomic mass is 9.78. The molecule has 1 nitrogen and oxygen atoms in total. The smallest absolute Gasteiger partial charge is 0.161 e. The first-order chi connectivity index (χ1) is 7.27. The number of ketones is 1. The van der Waals surface area contributed by atoms with Gasteiger partial charge in [-0.3, -0.25) is 4.79 Å². The highest BCUT2D eigenvalue weighted by Crippen LogP contribution is 2.32. The van der Waals surface area contributed by atoms with Gasteiger partial charge in [0, 0.05) is 5.92 Å². The van der Waals surface area contributed by atoms with Crippen molar-refractivity contribution in [1.29, 1.82) is 0 Å². The summed E-state index contributed by atoms with van der Waals surface area (Å²) in [6.45, 7) is 2.31. The highest BCUT2D eigenvalue weighted by molar-refractivity contribution is 5.97. The molecule has 1 heteroatoms. The minimum absolute atomic E-state index is 0.366. The first-order valence-electron chi connectivity index (χ1n) is 6.50. The van der Waals surface area contributed by atoms with Gasteiger partial charge in [0.1, 0.15) is 0 Å². The zero-order chi connectivity index (χ0) is 10.7. The molecule has 0 amide bonds. The maximum atomic E-state index is 12.2. The fourth-order valence-corrected chi connectivity index (χ4v) is 2.85. The predicted octanol–water partition coefficient (Wildman–Crippen LogP) is 3.88. The molecule has 2 rings (SSSR count). The van der Waals surface area contributed by atoms with E-state index in [9.17, 15) is 4.79 Å². The third-order valence-corrected chi connectivity index (χ3v) is 3.99. The van der Waals surface area contributed by atoms with Gasteiger partial charge in [0.15, 0.2) is 5.78 Å². The minimum atomic E-state index is 0.366. The lowest BCUT2D eigenvalue weighted by Crippen LogP contribution is -2.22. The van der Waals surface area contributed by atoms with Crippen LogP contribution >= 0.6 is 0 Å². The van der Waals surface area contributed by atoms with E-state index in [4.69, 9.17) is 0 Å². The molecule has 0 unspecified atom stereocenters. The first kappa shape index (κ1) is 10.9. The van der Waals surface area contributed by atoms with Crippen LogP contribution in [0.15, 0.2) is 11.6 Å². The number of carbonyl (C=O) groups is 1. The third-order valence-electron chi connectivity index (χ3n) is 3.99. The lowest BCUT2D eigenvalue weighted by Gasteiger charge is -2.26. The number of carbonyl (C=O) groups excluding carboxylic acids is 1. The van der Waals surface area contributed by atoms with Crippen molar-refractivity contribution in [3.8, 4) is 0 Å². The zero-order valence-electron chi connectivity index (χ0n) is 9.80. The second-order valence-corrected chi connectivity index (χ2v) is 5.30. The van der Waals surface area contributed by atoms with Gasteiger partial charge in [0.25, 0.3) is 0 Å². The number of allylic oxidation sites excluding steroid dienone is 2. The van der Waals surface area contributed by atoms with Crippen molar-refractivity contribution in [3.05, 3.63) is 11.6 Å². The van der Waals surface area contributed by atoms with E-state index in [1.165, 1.54) is 25.7 Å². The standard InChI is InChI=1S/C14H22O/c1-11-7-9-13(10-8-11)14(15)12-5-3-2-4-6-12/h5,11,13H,2-4,6-10H2,1H3. The Hall–Kier alpha value is -0.590. The quantitative estimate of drug-likeness (QED) is 0.670. The van der Waals surface area contributed by atoms with Crippen LogP contribution in [-0.2, 0) is 4.79 Å². The Kier molecular flexibility index (Phi) is 3.61. The molecule has 0 radical (unpaired) electrons. The summed E-state index contributed by atoms with van der Waals surface area (Å²) in [5, 5.41) is 0. The molecule has 0 saturated heterocycles. The van der Waals surface area contributed by atoms with Crippen molar-refractivity contribution >= 4 is 5.78 Å². The van der Waals surface area contributed by atoms with Crippen molar-refractivity contribution in [3.63, 3.8) is 0 Å². The Morgan fingerprint density at radius 1 is 1.20 bits per heavy atom. The Balaban J connectivity index is 1.92. The van der Waals surface area contributed by atoms with E-state index in [-0.39, 0.29) is 0 Å². The molecular formula is C14H22O. The normalized spacial score (nSPS) is 32.2. The highest BCUT2D eigenvalue weighted by atomic mass is 16.1. The monoisotopic (exact) mass is 206 g/mol. The van der Waals surface area contributed by atoms with Crippen LogP contribution in [-0.4, -0.2) is 5.78 Å². The predicted molar refractivity (Wildman–Crippen MR) is 62.7 cm³/mol.